The monoisotopic (exact) mass is 175 g/mol. The van der Waals surface area contributed by atoms with Crippen molar-refractivity contribution in [1.29, 1.82) is 0 Å². The van der Waals surface area contributed by atoms with Crippen LogP contribution in [0, 0.1) is 0 Å². The van der Waals surface area contributed by atoms with Crippen LogP contribution in [0.2, 0.25) is 0 Å². The molecule has 0 aromatic carbocycles. The Hall–Kier alpha value is -0.770. The van der Waals surface area contributed by atoms with Crippen molar-refractivity contribution < 1.29 is 14.4 Å². The molecule has 0 heterocycles. The zero-order chi connectivity index (χ0) is 9.40. The van der Waals surface area contributed by atoms with Gasteiger partial charge in [-0.05, 0) is 12.8 Å². The first-order chi connectivity index (χ1) is 5.76. The Morgan fingerprint density at radius 1 is 1.33 bits per heavy atom. The molecule has 0 aliphatic carbocycles. The molecule has 0 saturated carbocycles. The molecule has 0 spiro atoms. The fourth-order valence-electron chi connectivity index (χ4n) is 0.715. The summed E-state index contributed by atoms with van der Waals surface area (Å²) in [5, 5.41) is 1.25. The van der Waals surface area contributed by atoms with Crippen molar-refractivity contribution in [3.8, 4) is 0 Å². The van der Waals surface area contributed by atoms with E-state index in [4.69, 9.17) is 4.84 Å². The van der Waals surface area contributed by atoms with Gasteiger partial charge in [0.05, 0.1) is 20.3 Å². The maximum Gasteiger partial charge on any atom is 0.433 e. The van der Waals surface area contributed by atoms with Crippen LogP contribution in [0.1, 0.15) is 26.7 Å². The second kappa shape index (κ2) is 6.91. The molecule has 0 bridgehead atoms. The fourth-order valence-corrected chi connectivity index (χ4v) is 0.715. The number of hydrogen-bond acceptors (Lipinski definition) is 3. The summed E-state index contributed by atoms with van der Waals surface area (Å²) in [4.78, 5) is 16.1. The van der Waals surface area contributed by atoms with Gasteiger partial charge in [0.2, 0.25) is 0 Å². The van der Waals surface area contributed by atoms with Crippen molar-refractivity contribution in [2.75, 3.05) is 20.3 Å². The Kier molecular flexibility index (Phi) is 6.47. The van der Waals surface area contributed by atoms with Crippen LogP contribution in [0.4, 0.5) is 4.79 Å². The first-order valence-electron chi connectivity index (χ1n) is 4.24. The van der Waals surface area contributed by atoms with E-state index < -0.39 is 6.09 Å². The predicted octanol–water partition coefficient (Wildman–Crippen LogP) is 1.81. The van der Waals surface area contributed by atoms with Gasteiger partial charge in [-0.25, -0.2) is 4.79 Å². The SMILES string of the molecule is CCCON(CCC)C(=O)OC. The number of carbonyl (C=O) groups is 1. The fraction of sp³-hybridized carbons (Fsp3) is 0.875. The summed E-state index contributed by atoms with van der Waals surface area (Å²) in [6, 6.07) is 0. The van der Waals surface area contributed by atoms with Crippen molar-refractivity contribution in [2.45, 2.75) is 26.7 Å². The number of hydrogen-bond donors (Lipinski definition) is 0. The van der Waals surface area contributed by atoms with Crippen LogP contribution in [0.3, 0.4) is 0 Å². The van der Waals surface area contributed by atoms with Crippen molar-refractivity contribution in [1.82, 2.24) is 5.06 Å². The molecule has 0 saturated heterocycles. The lowest BCUT2D eigenvalue weighted by molar-refractivity contribution is -0.133. The lowest BCUT2D eigenvalue weighted by Crippen LogP contribution is -2.32. The van der Waals surface area contributed by atoms with E-state index in [0.29, 0.717) is 13.2 Å². The molecule has 0 N–H and O–H groups in total. The van der Waals surface area contributed by atoms with Crippen LogP contribution in [-0.2, 0) is 9.57 Å². The topological polar surface area (TPSA) is 38.8 Å². The van der Waals surface area contributed by atoms with E-state index in [2.05, 4.69) is 4.74 Å². The minimum Gasteiger partial charge on any atom is -0.451 e. The van der Waals surface area contributed by atoms with E-state index in [1.807, 2.05) is 13.8 Å². The molecule has 4 heteroatoms. The molecular formula is C8H17NO3. The summed E-state index contributed by atoms with van der Waals surface area (Å²) in [5.74, 6) is 0. The van der Waals surface area contributed by atoms with Crippen LogP contribution >= 0.6 is 0 Å². The molecule has 72 valence electrons. The van der Waals surface area contributed by atoms with Crippen molar-refractivity contribution in [3.63, 3.8) is 0 Å². The highest BCUT2D eigenvalue weighted by atomic mass is 16.7. The minimum atomic E-state index is -0.426. The highest BCUT2D eigenvalue weighted by Crippen LogP contribution is 1.97. The van der Waals surface area contributed by atoms with Crippen LogP contribution in [0.5, 0.6) is 0 Å². The van der Waals surface area contributed by atoms with Gasteiger partial charge in [-0.1, -0.05) is 13.8 Å². The smallest absolute Gasteiger partial charge is 0.433 e. The molecule has 0 aliphatic heterocycles. The predicted molar refractivity (Wildman–Crippen MR) is 45.6 cm³/mol. The van der Waals surface area contributed by atoms with Gasteiger partial charge in [-0.15, -0.1) is 0 Å². The molecule has 0 atom stereocenters. The Morgan fingerprint density at radius 2 is 2.00 bits per heavy atom. The normalized spacial score (nSPS) is 9.58. The van der Waals surface area contributed by atoms with Gasteiger partial charge in [0.15, 0.2) is 0 Å². The van der Waals surface area contributed by atoms with Gasteiger partial charge in [-0.2, -0.15) is 5.06 Å². The molecule has 0 aliphatic rings. The summed E-state index contributed by atoms with van der Waals surface area (Å²) in [7, 11) is 1.35. The zero-order valence-electron chi connectivity index (χ0n) is 8.00. The number of nitrogens with zero attached hydrogens (tertiary/aromatic N) is 1. The number of hydroxylamine groups is 2. The third kappa shape index (κ3) is 4.18. The van der Waals surface area contributed by atoms with E-state index in [1.165, 1.54) is 12.2 Å². The van der Waals surface area contributed by atoms with E-state index in [-0.39, 0.29) is 0 Å². The lowest BCUT2D eigenvalue weighted by atomic mass is 10.5. The Morgan fingerprint density at radius 3 is 2.42 bits per heavy atom. The lowest BCUT2D eigenvalue weighted by Gasteiger charge is -2.18. The highest BCUT2D eigenvalue weighted by molar-refractivity contribution is 5.65. The van der Waals surface area contributed by atoms with Gasteiger partial charge in [0.1, 0.15) is 0 Å². The van der Waals surface area contributed by atoms with E-state index in [0.717, 1.165) is 12.8 Å². The summed E-state index contributed by atoms with van der Waals surface area (Å²) in [6.07, 6.45) is 1.32. The summed E-state index contributed by atoms with van der Waals surface area (Å²) in [6.45, 7) is 5.09. The van der Waals surface area contributed by atoms with Gasteiger partial charge >= 0.3 is 6.09 Å². The van der Waals surface area contributed by atoms with Gasteiger partial charge in [0, 0.05) is 0 Å². The number of carbonyl (C=O) groups excluding carboxylic acids is 1. The minimum absolute atomic E-state index is 0.426. The second-order valence-electron chi connectivity index (χ2n) is 2.41. The Balaban J connectivity index is 3.76. The van der Waals surface area contributed by atoms with Gasteiger partial charge in [0.25, 0.3) is 0 Å². The number of rotatable bonds is 5. The zero-order valence-corrected chi connectivity index (χ0v) is 8.00. The largest absolute Gasteiger partial charge is 0.451 e. The average molecular weight is 175 g/mol. The molecule has 0 aromatic heterocycles. The molecule has 0 unspecified atom stereocenters. The second-order valence-corrected chi connectivity index (χ2v) is 2.41. The molecular weight excluding hydrogens is 158 g/mol. The average Bonchev–Trinajstić information content (AvgIpc) is 2.11. The van der Waals surface area contributed by atoms with E-state index >= 15 is 0 Å². The van der Waals surface area contributed by atoms with Crippen molar-refractivity contribution in [2.24, 2.45) is 0 Å². The molecule has 1 amide bonds. The maximum absolute atomic E-state index is 11.0. The Bertz CT molecular complexity index is 127. The van der Waals surface area contributed by atoms with Crippen molar-refractivity contribution >= 4 is 6.09 Å². The van der Waals surface area contributed by atoms with Crippen LogP contribution in [-0.4, -0.2) is 31.4 Å². The maximum atomic E-state index is 11.0. The Labute approximate surface area is 73.4 Å². The molecule has 0 fully saturated rings. The molecule has 12 heavy (non-hydrogen) atoms. The molecule has 4 nitrogen and oxygen atoms in total. The molecule has 0 radical (unpaired) electrons. The number of methoxy groups -OCH3 is 1. The summed E-state index contributed by atoms with van der Waals surface area (Å²) in [5.41, 5.74) is 0. The van der Waals surface area contributed by atoms with Gasteiger partial charge in [-0.3, -0.25) is 4.84 Å². The molecule has 0 rings (SSSR count). The van der Waals surface area contributed by atoms with Crippen LogP contribution in [0.25, 0.3) is 0 Å². The summed E-state index contributed by atoms with van der Waals surface area (Å²) < 4.78 is 4.52. The first kappa shape index (κ1) is 11.2. The summed E-state index contributed by atoms with van der Waals surface area (Å²) >= 11 is 0. The third-order valence-electron chi connectivity index (χ3n) is 1.26. The number of ether oxygens (including phenoxy) is 1. The first-order valence-corrected chi connectivity index (χ1v) is 4.24. The third-order valence-corrected chi connectivity index (χ3v) is 1.26. The highest BCUT2D eigenvalue weighted by Gasteiger charge is 2.12. The van der Waals surface area contributed by atoms with Crippen LogP contribution in [0.15, 0.2) is 0 Å². The van der Waals surface area contributed by atoms with E-state index in [9.17, 15) is 4.79 Å². The van der Waals surface area contributed by atoms with Gasteiger partial charge < -0.3 is 4.74 Å². The van der Waals surface area contributed by atoms with Crippen LogP contribution < -0.4 is 0 Å². The van der Waals surface area contributed by atoms with E-state index in [1.54, 1.807) is 0 Å². The quantitative estimate of drug-likeness (QED) is 0.598. The van der Waals surface area contributed by atoms with Crippen molar-refractivity contribution in [3.05, 3.63) is 0 Å². The molecule has 0 aromatic rings. The number of amides is 1. The standard InChI is InChI=1S/C8H17NO3/c1-4-6-9(8(10)11-3)12-7-5-2/h4-7H2,1-3H3.